The zero-order chi connectivity index (χ0) is 20.1. The average molecular weight is 388 g/mol. The molecule has 10 nitrogen and oxygen atoms in total. The highest BCUT2D eigenvalue weighted by atomic mass is 16.6. The number of anilines is 1. The lowest BCUT2D eigenvalue weighted by Crippen LogP contribution is -2.50. The number of hydrogen-bond donors (Lipinski definition) is 1. The van der Waals surface area contributed by atoms with Gasteiger partial charge in [-0.25, -0.2) is 0 Å². The molecule has 1 aromatic heterocycles. The van der Waals surface area contributed by atoms with Gasteiger partial charge >= 0.3 is 0 Å². The lowest BCUT2D eigenvalue weighted by atomic mass is 10.2. The Morgan fingerprint density at radius 2 is 2.00 bits per heavy atom. The first kappa shape index (κ1) is 19.4. The largest absolute Gasteiger partial charge is 0.496 e. The highest BCUT2D eigenvalue weighted by Crippen LogP contribution is 2.28. The lowest BCUT2D eigenvalue weighted by molar-refractivity contribution is -0.384. The van der Waals surface area contributed by atoms with Gasteiger partial charge in [-0.05, 0) is 24.3 Å². The van der Waals surface area contributed by atoms with Gasteiger partial charge in [0, 0.05) is 26.2 Å². The fourth-order valence-electron chi connectivity index (χ4n) is 2.95. The molecule has 0 saturated carbocycles. The molecule has 0 radical (unpaired) electrons. The van der Waals surface area contributed by atoms with Crippen LogP contribution < -0.4 is 10.1 Å². The molecule has 0 bridgehead atoms. The number of hydrogen-bond acceptors (Lipinski definition) is 7. The Hall–Kier alpha value is -3.40. The number of ether oxygens (including phenoxy) is 1. The Morgan fingerprint density at radius 1 is 1.25 bits per heavy atom. The van der Waals surface area contributed by atoms with Crippen molar-refractivity contribution in [3.8, 4) is 5.75 Å². The number of nitrogens with zero attached hydrogens (tertiary/aromatic N) is 3. The Balaban J connectivity index is 1.54. The zero-order valence-electron chi connectivity index (χ0n) is 15.3. The number of methoxy groups -OCH3 is 1. The van der Waals surface area contributed by atoms with Crippen molar-refractivity contribution in [1.82, 2.24) is 9.80 Å². The van der Waals surface area contributed by atoms with E-state index in [2.05, 4.69) is 5.32 Å². The van der Waals surface area contributed by atoms with Gasteiger partial charge in [-0.2, -0.15) is 0 Å². The van der Waals surface area contributed by atoms with Crippen LogP contribution in [0.5, 0.6) is 5.75 Å². The maximum absolute atomic E-state index is 12.3. The number of furan rings is 1. The fourth-order valence-corrected chi connectivity index (χ4v) is 2.95. The summed E-state index contributed by atoms with van der Waals surface area (Å²) in [6.45, 7) is 2.05. The van der Waals surface area contributed by atoms with E-state index in [-0.39, 0.29) is 35.5 Å². The fraction of sp³-hybridized carbons (Fsp3) is 0.333. The van der Waals surface area contributed by atoms with Gasteiger partial charge in [-0.15, -0.1) is 0 Å². The molecule has 1 aliphatic rings. The molecule has 1 saturated heterocycles. The van der Waals surface area contributed by atoms with Crippen LogP contribution in [-0.4, -0.2) is 66.4 Å². The minimum atomic E-state index is -0.572. The van der Waals surface area contributed by atoms with Crippen molar-refractivity contribution in [2.45, 2.75) is 0 Å². The summed E-state index contributed by atoms with van der Waals surface area (Å²) in [5.41, 5.74) is -0.121. The number of piperazine rings is 1. The average Bonchev–Trinajstić information content (AvgIpc) is 3.23. The summed E-state index contributed by atoms with van der Waals surface area (Å²) in [6.07, 6.45) is 1.45. The summed E-state index contributed by atoms with van der Waals surface area (Å²) in [4.78, 5) is 38.7. The maximum atomic E-state index is 12.3. The van der Waals surface area contributed by atoms with Crippen molar-refractivity contribution in [1.29, 1.82) is 0 Å². The molecular weight excluding hydrogens is 368 g/mol. The van der Waals surface area contributed by atoms with Gasteiger partial charge in [-0.1, -0.05) is 0 Å². The van der Waals surface area contributed by atoms with Gasteiger partial charge < -0.3 is 19.4 Å². The summed E-state index contributed by atoms with van der Waals surface area (Å²) < 4.78 is 10.1. The van der Waals surface area contributed by atoms with Gasteiger partial charge in [-0.3, -0.25) is 24.6 Å². The molecule has 148 valence electrons. The van der Waals surface area contributed by atoms with Gasteiger partial charge in [0.1, 0.15) is 11.4 Å². The zero-order valence-corrected chi connectivity index (χ0v) is 15.3. The summed E-state index contributed by atoms with van der Waals surface area (Å²) >= 11 is 0. The standard InChI is InChI=1S/C18H20N4O6/c1-27-13-4-5-14(15(11-13)22(25)26)19-17(23)12-20-6-8-21(9-7-20)18(24)16-3-2-10-28-16/h2-5,10-11H,6-9,12H2,1H3,(H,19,23). The maximum Gasteiger partial charge on any atom is 0.296 e. The van der Waals surface area contributed by atoms with E-state index in [1.54, 1.807) is 23.1 Å². The second-order valence-electron chi connectivity index (χ2n) is 6.23. The molecule has 1 aromatic carbocycles. The minimum Gasteiger partial charge on any atom is -0.496 e. The number of nitro benzene ring substituents is 1. The smallest absolute Gasteiger partial charge is 0.296 e. The second kappa shape index (κ2) is 8.53. The third-order valence-corrected chi connectivity index (χ3v) is 4.43. The van der Waals surface area contributed by atoms with E-state index in [0.717, 1.165) is 0 Å². The van der Waals surface area contributed by atoms with Crippen LogP contribution >= 0.6 is 0 Å². The number of rotatable bonds is 6. The van der Waals surface area contributed by atoms with Crippen LogP contribution in [-0.2, 0) is 4.79 Å². The topological polar surface area (TPSA) is 118 Å². The normalized spacial score (nSPS) is 14.5. The van der Waals surface area contributed by atoms with Crippen LogP contribution in [0.15, 0.2) is 41.0 Å². The van der Waals surface area contributed by atoms with Crippen LogP contribution in [0.2, 0.25) is 0 Å². The molecule has 2 aromatic rings. The molecule has 1 N–H and O–H groups in total. The van der Waals surface area contributed by atoms with E-state index >= 15 is 0 Å². The van der Waals surface area contributed by atoms with Gasteiger partial charge in [0.2, 0.25) is 5.91 Å². The highest BCUT2D eigenvalue weighted by molar-refractivity contribution is 5.94. The Labute approximate surface area is 160 Å². The molecule has 0 aliphatic carbocycles. The number of carbonyl (C=O) groups excluding carboxylic acids is 2. The third-order valence-electron chi connectivity index (χ3n) is 4.43. The van der Waals surface area contributed by atoms with E-state index in [0.29, 0.717) is 31.9 Å². The van der Waals surface area contributed by atoms with Crippen LogP contribution in [0.1, 0.15) is 10.6 Å². The van der Waals surface area contributed by atoms with E-state index in [4.69, 9.17) is 9.15 Å². The second-order valence-corrected chi connectivity index (χ2v) is 6.23. The summed E-state index contributed by atoms with van der Waals surface area (Å²) in [5.74, 6) is 0.0853. The first-order valence-electron chi connectivity index (χ1n) is 8.65. The molecule has 28 heavy (non-hydrogen) atoms. The van der Waals surface area contributed by atoms with E-state index in [1.165, 1.54) is 25.5 Å². The van der Waals surface area contributed by atoms with Crippen molar-refractivity contribution in [3.05, 3.63) is 52.5 Å². The van der Waals surface area contributed by atoms with Gasteiger partial charge in [0.15, 0.2) is 5.76 Å². The minimum absolute atomic E-state index is 0.0754. The molecule has 10 heteroatoms. The monoisotopic (exact) mass is 388 g/mol. The van der Waals surface area contributed by atoms with E-state index < -0.39 is 4.92 Å². The predicted octanol–water partition coefficient (Wildman–Crippen LogP) is 1.59. The van der Waals surface area contributed by atoms with Crippen molar-refractivity contribution >= 4 is 23.2 Å². The third kappa shape index (κ3) is 4.46. The Morgan fingerprint density at radius 3 is 2.61 bits per heavy atom. The SMILES string of the molecule is COc1ccc(NC(=O)CN2CCN(C(=O)c3ccco3)CC2)c([N+](=O)[O-])c1. The molecule has 0 unspecified atom stereocenters. The van der Waals surface area contributed by atoms with Crippen LogP contribution in [0, 0.1) is 10.1 Å². The van der Waals surface area contributed by atoms with Crippen molar-refractivity contribution in [3.63, 3.8) is 0 Å². The van der Waals surface area contributed by atoms with Gasteiger partial charge in [0.05, 0.1) is 30.9 Å². The van der Waals surface area contributed by atoms with Crippen molar-refractivity contribution in [2.24, 2.45) is 0 Å². The molecule has 1 aliphatic heterocycles. The Kier molecular flexibility index (Phi) is 5.90. The molecule has 0 spiro atoms. The molecule has 1 fully saturated rings. The molecule has 0 atom stereocenters. The Bertz CT molecular complexity index is 859. The summed E-state index contributed by atoms with van der Waals surface area (Å²) in [6, 6.07) is 7.52. The lowest BCUT2D eigenvalue weighted by Gasteiger charge is -2.33. The number of carbonyl (C=O) groups is 2. The number of nitrogens with one attached hydrogen (secondary N) is 1. The predicted molar refractivity (Wildman–Crippen MR) is 99.3 cm³/mol. The molecule has 2 amide bonds. The number of benzene rings is 1. The number of amides is 2. The number of nitro groups is 1. The summed E-state index contributed by atoms with van der Waals surface area (Å²) in [5, 5.41) is 13.8. The van der Waals surface area contributed by atoms with Crippen molar-refractivity contribution < 1.29 is 23.7 Å². The van der Waals surface area contributed by atoms with Crippen molar-refractivity contribution in [2.75, 3.05) is 45.2 Å². The molecular formula is C18H20N4O6. The first-order valence-corrected chi connectivity index (χ1v) is 8.65. The van der Waals surface area contributed by atoms with Crippen LogP contribution in [0.25, 0.3) is 0 Å². The van der Waals surface area contributed by atoms with Crippen LogP contribution in [0.3, 0.4) is 0 Å². The first-order chi connectivity index (χ1) is 13.5. The highest BCUT2D eigenvalue weighted by Gasteiger charge is 2.25. The molecule has 2 heterocycles. The summed E-state index contributed by atoms with van der Waals surface area (Å²) in [7, 11) is 1.41. The van der Waals surface area contributed by atoms with Gasteiger partial charge in [0.25, 0.3) is 11.6 Å². The quantitative estimate of drug-likeness (QED) is 0.590. The van der Waals surface area contributed by atoms with Crippen LogP contribution in [0.4, 0.5) is 11.4 Å². The van der Waals surface area contributed by atoms with E-state index in [1.807, 2.05) is 4.90 Å². The van der Waals surface area contributed by atoms with E-state index in [9.17, 15) is 19.7 Å². The molecule has 3 rings (SSSR count).